The Balaban J connectivity index is 1.39. The van der Waals surface area contributed by atoms with Crippen LogP contribution in [0.1, 0.15) is 16.2 Å². The molecule has 28 heavy (non-hydrogen) atoms. The van der Waals surface area contributed by atoms with Gasteiger partial charge in [-0.25, -0.2) is 9.97 Å². The van der Waals surface area contributed by atoms with Crippen molar-refractivity contribution in [3.63, 3.8) is 0 Å². The maximum absolute atomic E-state index is 12.3. The molecule has 0 aliphatic heterocycles. The van der Waals surface area contributed by atoms with Crippen LogP contribution in [-0.4, -0.2) is 28.9 Å². The van der Waals surface area contributed by atoms with E-state index < -0.39 is 5.91 Å². The molecule has 4 aromatic rings. The second-order valence-electron chi connectivity index (χ2n) is 5.63. The first-order chi connectivity index (χ1) is 13.6. The predicted octanol–water partition coefficient (Wildman–Crippen LogP) is 3.79. The van der Waals surface area contributed by atoms with Crippen molar-refractivity contribution < 1.29 is 18.7 Å². The van der Waals surface area contributed by atoms with E-state index >= 15 is 0 Å². The number of nitrogens with zero attached hydrogens (tertiary/aromatic N) is 2. The van der Waals surface area contributed by atoms with E-state index in [2.05, 4.69) is 20.6 Å². The molecular weight excluding hydrogens is 400 g/mol. The highest BCUT2D eigenvalue weighted by Gasteiger charge is 2.15. The number of carbonyl (C=O) groups is 2. The van der Waals surface area contributed by atoms with Gasteiger partial charge in [0, 0.05) is 5.38 Å². The third-order valence-corrected chi connectivity index (χ3v) is 5.45. The minimum absolute atomic E-state index is 0.0696. The number of nitrogens with one attached hydrogen (secondary N) is 2. The van der Waals surface area contributed by atoms with Crippen LogP contribution < -0.4 is 15.4 Å². The van der Waals surface area contributed by atoms with E-state index in [4.69, 9.17) is 9.15 Å². The minimum atomic E-state index is -0.390. The number of benzene rings is 1. The minimum Gasteiger partial charge on any atom is -0.494 e. The lowest BCUT2D eigenvalue weighted by molar-refractivity contribution is -0.115. The number of para-hydroxylation sites is 1. The molecule has 142 valence electrons. The van der Waals surface area contributed by atoms with Crippen molar-refractivity contribution in [1.82, 2.24) is 9.97 Å². The molecule has 10 heteroatoms. The van der Waals surface area contributed by atoms with E-state index in [0.717, 1.165) is 4.70 Å². The van der Waals surface area contributed by atoms with E-state index in [-0.39, 0.29) is 18.1 Å². The van der Waals surface area contributed by atoms with E-state index in [1.54, 1.807) is 24.6 Å². The molecule has 0 saturated heterocycles. The van der Waals surface area contributed by atoms with E-state index in [1.165, 1.54) is 28.9 Å². The second-order valence-corrected chi connectivity index (χ2v) is 7.52. The van der Waals surface area contributed by atoms with E-state index in [1.807, 2.05) is 18.2 Å². The van der Waals surface area contributed by atoms with Crippen LogP contribution in [0.25, 0.3) is 10.2 Å². The van der Waals surface area contributed by atoms with Crippen LogP contribution in [0.15, 0.2) is 46.4 Å². The molecule has 0 fully saturated rings. The number of ether oxygens (including phenoxy) is 1. The van der Waals surface area contributed by atoms with Crippen LogP contribution in [0, 0.1) is 0 Å². The summed E-state index contributed by atoms with van der Waals surface area (Å²) in [5.41, 5.74) is 1.26. The molecule has 8 nitrogen and oxygen atoms in total. The highest BCUT2D eigenvalue weighted by Crippen LogP contribution is 2.32. The Morgan fingerprint density at radius 3 is 2.82 bits per heavy atom. The van der Waals surface area contributed by atoms with Gasteiger partial charge in [0.25, 0.3) is 5.91 Å². The summed E-state index contributed by atoms with van der Waals surface area (Å²) in [5, 5.41) is 8.03. The third kappa shape index (κ3) is 3.87. The Morgan fingerprint density at radius 2 is 2.04 bits per heavy atom. The van der Waals surface area contributed by atoms with Gasteiger partial charge in [-0.05, 0) is 24.3 Å². The number of methoxy groups -OCH3 is 1. The van der Waals surface area contributed by atoms with Gasteiger partial charge < -0.3 is 14.5 Å². The van der Waals surface area contributed by atoms with Crippen LogP contribution in [-0.2, 0) is 11.2 Å². The fraction of sp³-hybridized carbons (Fsp3) is 0.111. The van der Waals surface area contributed by atoms with Crippen molar-refractivity contribution in [2.45, 2.75) is 6.42 Å². The number of fused-ring (bicyclic) bond motifs is 1. The SMILES string of the molecule is COc1cccc2sc(NC(=O)Cc3csc(NC(=O)c4ccco4)n3)nc12. The zero-order chi connectivity index (χ0) is 19.5. The summed E-state index contributed by atoms with van der Waals surface area (Å²) in [6.07, 6.45) is 1.49. The molecule has 2 amide bonds. The Bertz CT molecular complexity index is 1130. The number of thiazole rings is 2. The van der Waals surface area contributed by atoms with Crippen molar-refractivity contribution in [2.75, 3.05) is 17.7 Å². The molecule has 0 unspecified atom stereocenters. The van der Waals surface area contributed by atoms with E-state index in [0.29, 0.717) is 27.2 Å². The normalized spacial score (nSPS) is 10.8. The molecule has 0 bridgehead atoms. The summed E-state index contributed by atoms with van der Waals surface area (Å²) in [6.45, 7) is 0. The predicted molar refractivity (Wildman–Crippen MR) is 107 cm³/mol. The lowest BCUT2D eigenvalue weighted by Gasteiger charge is -2.00. The quantitative estimate of drug-likeness (QED) is 0.497. The molecule has 0 aliphatic rings. The maximum atomic E-state index is 12.3. The Kier molecular flexibility index (Phi) is 5.04. The summed E-state index contributed by atoms with van der Waals surface area (Å²) in [5.74, 6) is 0.220. The first kappa shape index (κ1) is 18.1. The summed E-state index contributed by atoms with van der Waals surface area (Å²) in [4.78, 5) is 32.9. The van der Waals surface area contributed by atoms with Crippen molar-refractivity contribution in [1.29, 1.82) is 0 Å². The summed E-state index contributed by atoms with van der Waals surface area (Å²) in [6, 6.07) is 8.80. The second kappa shape index (κ2) is 7.79. The number of rotatable bonds is 6. The summed E-state index contributed by atoms with van der Waals surface area (Å²) in [7, 11) is 1.58. The van der Waals surface area contributed by atoms with Gasteiger partial charge >= 0.3 is 0 Å². The van der Waals surface area contributed by atoms with Crippen LogP contribution in [0.5, 0.6) is 5.75 Å². The number of hydrogen-bond acceptors (Lipinski definition) is 8. The topological polar surface area (TPSA) is 106 Å². The number of amides is 2. The lowest BCUT2D eigenvalue weighted by atomic mass is 10.3. The summed E-state index contributed by atoms with van der Waals surface area (Å²) >= 11 is 2.61. The van der Waals surface area contributed by atoms with Crippen molar-refractivity contribution in [3.05, 3.63) is 53.4 Å². The van der Waals surface area contributed by atoms with Gasteiger partial charge in [-0.15, -0.1) is 11.3 Å². The maximum Gasteiger partial charge on any atom is 0.293 e. The molecule has 0 saturated carbocycles. The number of furan rings is 1. The monoisotopic (exact) mass is 414 g/mol. The zero-order valence-corrected chi connectivity index (χ0v) is 16.2. The van der Waals surface area contributed by atoms with E-state index in [9.17, 15) is 9.59 Å². The van der Waals surface area contributed by atoms with Crippen LogP contribution in [0.4, 0.5) is 10.3 Å². The Labute approximate surface area is 167 Å². The molecule has 4 rings (SSSR count). The van der Waals surface area contributed by atoms with Gasteiger partial charge in [0.1, 0.15) is 11.3 Å². The molecule has 3 heterocycles. The third-order valence-electron chi connectivity index (χ3n) is 3.71. The fourth-order valence-electron chi connectivity index (χ4n) is 2.48. The Morgan fingerprint density at radius 1 is 1.14 bits per heavy atom. The highest BCUT2D eigenvalue weighted by molar-refractivity contribution is 7.22. The molecule has 0 spiro atoms. The first-order valence-electron chi connectivity index (χ1n) is 8.15. The standard InChI is InChI=1S/C18H14N4O4S2/c1-25-11-4-2-6-13-15(11)21-18(28-13)20-14(23)8-10-9-27-17(19-10)22-16(24)12-5-3-7-26-12/h2-7,9H,8H2,1H3,(H,19,22,24)(H,20,21,23). The smallest absolute Gasteiger partial charge is 0.293 e. The largest absolute Gasteiger partial charge is 0.494 e. The van der Waals surface area contributed by atoms with Gasteiger partial charge in [-0.1, -0.05) is 17.4 Å². The molecule has 0 atom stereocenters. The first-order valence-corrected chi connectivity index (χ1v) is 9.84. The van der Waals surface area contributed by atoms with Gasteiger partial charge in [0.2, 0.25) is 5.91 Å². The number of anilines is 2. The van der Waals surface area contributed by atoms with Crippen molar-refractivity contribution >= 4 is 55.0 Å². The van der Waals surface area contributed by atoms with Gasteiger partial charge in [-0.3, -0.25) is 14.9 Å². The zero-order valence-electron chi connectivity index (χ0n) is 14.6. The fourth-order valence-corrected chi connectivity index (χ4v) is 4.09. The molecule has 1 aromatic carbocycles. The average Bonchev–Trinajstić information content (AvgIpc) is 3.41. The summed E-state index contributed by atoms with van der Waals surface area (Å²) < 4.78 is 11.2. The van der Waals surface area contributed by atoms with Gasteiger partial charge in [0.15, 0.2) is 16.0 Å². The molecule has 0 aliphatic carbocycles. The molecule has 2 N–H and O–H groups in total. The number of hydrogen-bond donors (Lipinski definition) is 2. The van der Waals surface area contributed by atoms with Crippen molar-refractivity contribution in [2.24, 2.45) is 0 Å². The molecule has 3 aromatic heterocycles. The Hall–Kier alpha value is -3.24. The number of carbonyl (C=O) groups excluding carboxylic acids is 2. The van der Waals surface area contributed by atoms with Gasteiger partial charge in [-0.2, -0.15) is 0 Å². The number of aromatic nitrogens is 2. The van der Waals surface area contributed by atoms with Crippen LogP contribution in [0.3, 0.4) is 0 Å². The van der Waals surface area contributed by atoms with Crippen molar-refractivity contribution in [3.8, 4) is 5.75 Å². The highest BCUT2D eigenvalue weighted by atomic mass is 32.1. The molecular formula is C18H14N4O4S2. The molecule has 0 radical (unpaired) electrons. The van der Waals surface area contributed by atoms with Crippen LogP contribution >= 0.6 is 22.7 Å². The van der Waals surface area contributed by atoms with Gasteiger partial charge in [0.05, 0.1) is 30.2 Å². The lowest BCUT2D eigenvalue weighted by Crippen LogP contribution is -2.15. The average molecular weight is 414 g/mol. The van der Waals surface area contributed by atoms with Crippen LogP contribution in [0.2, 0.25) is 0 Å².